The standard InChI is InChI=1S/C12H19NO5/c1-12(2,3)18-11(16)13-8(10(15)17-4)6-5-7-9(13)14/h8H,5-7H2,1-4H3/t8-/m1/s1. The number of carbonyl (C=O) groups is 3. The molecule has 0 aromatic heterocycles. The second-order valence-electron chi connectivity index (χ2n) is 5.18. The molecule has 1 aliphatic rings. The van der Waals surface area contributed by atoms with Gasteiger partial charge in [-0.15, -0.1) is 0 Å². The molecule has 0 N–H and O–H groups in total. The van der Waals surface area contributed by atoms with Crippen LogP contribution >= 0.6 is 0 Å². The summed E-state index contributed by atoms with van der Waals surface area (Å²) in [6, 6.07) is -0.869. The maximum absolute atomic E-state index is 11.9. The minimum Gasteiger partial charge on any atom is -0.467 e. The second-order valence-corrected chi connectivity index (χ2v) is 5.18. The Labute approximate surface area is 106 Å². The monoisotopic (exact) mass is 257 g/mol. The van der Waals surface area contributed by atoms with E-state index in [-0.39, 0.29) is 6.42 Å². The molecule has 1 rings (SSSR count). The summed E-state index contributed by atoms with van der Waals surface area (Å²) in [6.07, 6.45) is 0.435. The fourth-order valence-electron chi connectivity index (χ4n) is 1.77. The minimum atomic E-state index is -0.869. The molecule has 1 atom stereocenters. The molecule has 0 aromatic rings. The Morgan fingerprint density at radius 1 is 1.33 bits per heavy atom. The van der Waals surface area contributed by atoms with E-state index in [1.807, 2.05) is 0 Å². The number of carbonyl (C=O) groups excluding carboxylic acids is 3. The number of ether oxygens (including phenoxy) is 2. The van der Waals surface area contributed by atoms with Crippen molar-refractivity contribution in [2.24, 2.45) is 0 Å². The minimum absolute atomic E-state index is 0.243. The van der Waals surface area contributed by atoms with Gasteiger partial charge in [0.1, 0.15) is 11.6 Å². The van der Waals surface area contributed by atoms with Gasteiger partial charge in [0.05, 0.1) is 7.11 Å². The summed E-state index contributed by atoms with van der Waals surface area (Å²) in [6.45, 7) is 5.10. The smallest absolute Gasteiger partial charge is 0.417 e. The van der Waals surface area contributed by atoms with Gasteiger partial charge < -0.3 is 9.47 Å². The van der Waals surface area contributed by atoms with E-state index < -0.39 is 29.6 Å². The van der Waals surface area contributed by atoms with Crippen LogP contribution in [0.2, 0.25) is 0 Å². The van der Waals surface area contributed by atoms with Crippen molar-refractivity contribution in [3.63, 3.8) is 0 Å². The maximum atomic E-state index is 11.9. The van der Waals surface area contributed by atoms with Gasteiger partial charge in [-0.05, 0) is 33.6 Å². The van der Waals surface area contributed by atoms with Gasteiger partial charge in [0.2, 0.25) is 5.91 Å². The van der Waals surface area contributed by atoms with Crippen LogP contribution in [-0.4, -0.2) is 41.6 Å². The number of methoxy groups -OCH3 is 1. The van der Waals surface area contributed by atoms with E-state index in [9.17, 15) is 14.4 Å². The van der Waals surface area contributed by atoms with Crippen LogP contribution in [0.25, 0.3) is 0 Å². The lowest BCUT2D eigenvalue weighted by atomic mass is 10.0. The van der Waals surface area contributed by atoms with Crippen LogP contribution in [0.5, 0.6) is 0 Å². The van der Waals surface area contributed by atoms with Crippen molar-refractivity contribution in [2.75, 3.05) is 7.11 Å². The number of amides is 2. The number of hydrogen-bond donors (Lipinski definition) is 0. The first-order valence-corrected chi connectivity index (χ1v) is 5.89. The van der Waals surface area contributed by atoms with Crippen molar-refractivity contribution in [2.45, 2.75) is 51.7 Å². The van der Waals surface area contributed by atoms with Crippen LogP contribution in [0.3, 0.4) is 0 Å². The zero-order valence-electron chi connectivity index (χ0n) is 11.2. The van der Waals surface area contributed by atoms with Gasteiger partial charge in [-0.2, -0.15) is 0 Å². The molecular formula is C12H19NO5. The molecule has 2 amide bonds. The van der Waals surface area contributed by atoms with E-state index in [0.29, 0.717) is 12.8 Å². The van der Waals surface area contributed by atoms with Gasteiger partial charge in [-0.1, -0.05) is 0 Å². The predicted octanol–water partition coefficient (Wildman–Crippen LogP) is 1.48. The Morgan fingerprint density at radius 2 is 1.94 bits per heavy atom. The number of imide groups is 1. The van der Waals surface area contributed by atoms with Crippen molar-refractivity contribution in [1.82, 2.24) is 4.90 Å². The van der Waals surface area contributed by atoms with Gasteiger partial charge in [-0.25, -0.2) is 14.5 Å². The van der Waals surface area contributed by atoms with E-state index >= 15 is 0 Å². The normalized spacial score (nSPS) is 20.6. The summed E-state index contributed by atoms with van der Waals surface area (Å²) in [5.41, 5.74) is -0.713. The molecule has 0 unspecified atom stereocenters. The summed E-state index contributed by atoms with van der Waals surface area (Å²) < 4.78 is 9.74. The van der Waals surface area contributed by atoms with E-state index in [4.69, 9.17) is 4.74 Å². The molecule has 0 aliphatic carbocycles. The average Bonchev–Trinajstić information content (AvgIpc) is 2.25. The third kappa shape index (κ3) is 3.45. The Hall–Kier alpha value is -1.59. The highest BCUT2D eigenvalue weighted by Gasteiger charge is 2.40. The highest BCUT2D eigenvalue weighted by atomic mass is 16.6. The first-order valence-electron chi connectivity index (χ1n) is 5.89. The van der Waals surface area contributed by atoms with Crippen LogP contribution in [-0.2, 0) is 19.1 Å². The van der Waals surface area contributed by atoms with E-state index in [1.54, 1.807) is 20.8 Å². The van der Waals surface area contributed by atoms with Crippen molar-refractivity contribution < 1.29 is 23.9 Å². The lowest BCUT2D eigenvalue weighted by Crippen LogP contribution is -2.52. The Balaban J connectivity index is 2.88. The summed E-state index contributed by atoms with van der Waals surface area (Å²) >= 11 is 0. The van der Waals surface area contributed by atoms with Crippen molar-refractivity contribution >= 4 is 18.0 Å². The number of likely N-dealkylation sites (tertiary alicyclic amines) is 1. The SMILES string of the molecule is COC(=O)[C@H]1CCCC(=O)N1C(=O)OC(C)(C)C. The van der Waals surface area contributed by atoms with Crippen LogP contribution in [0.15, 0.2) is 0 Å². The second kappa shape index (κ2) is 5.37. The first kappa shape index (κ1) is 14.5. The van der Waals surface area contributed by atoms with Gasteiger partial charge >= 0.3 is 12.1 Å². The summed E-state index contributed by atoms with van der Waals surface area (Å²) in [4.78, 5) is 36.1. The number of nitrogens with zero attached hydrogens (tertiary/aromatic N) is 1. The number of hydrogen-bond acceptors (Lipinski definition) is 5. The predicted molar refractivity (Wildman–Crippen MR) is 62.7 cm³/mol. The largest absolute Gasteiger partial charge is 0.467 e. The van der Waals surface area contributed by atoms with E-state index in [1.165, 1.54) is 7.11 Å². The molecule has 102 valence electrons. The Bertz CT molecular complexity index is 358. The molecule has 1 saturated heterocycles. The number of esters is 1. The van der Waals surface area contributed by atoms with Gasteiger partial charge in [-0.3, -0.25) is 4.79 Å². The van der Waals surface area contributed by atoms with Crippen LogP contribution in [0.1, 0.15) is 40.0 Å². The molecular weight excluding hydrogens is 238 g/mol. The zero-order chi connectivity index (χ0) is 13.9. The van der Waals surface area contributed by atoms with E-state index in [2.05, 4.69) is 4.74 Å². The lowest BCUT2D eigenvalue weighted by molar-refractivity contribution is -0.154. The summed E-state index contributed by atoms with van der Waals surface area (Å²) in [5, 5.41) is 0. The first-order chi connectivity index (χ1) is 8.26. The van der Waals surface area contributed by atoms with Crippen molar-refractivity contribution in [1.29, 1.82) is 0 Å². The third-order valence-electron chi connectivity index (χ3n) is 2.51. The van der Waals surface area contributed by atoms with Crippen LogP contribution in [0, 0.1) is 0 Å². The molecule has 0 aromatic carbocycles. The highest BCUT2D eigenvalue weighted by Crippen LogP contribution is 2.22. The summed E-state index contributed by atoms with van der Waals surface area (Å²) in [7, 11) is 1.23. The summed E-state index contributed by atoms with van der Waals surface area (Å²) in [5.74, 6) is -0.986. The van der Waals surface area contributed by atoms with Gasteiger partial charge in [0.15, 0.2) is 0 Å². The molecule has 1 aliphatic heterocycles. The topological polar surface area (TPSA) is 72.9 Å². The molecule has 6 heteroatoms. The maximum Gasteiger partial charge on any atom is 0.417 e. The fraction of sp³-hybridized carbons (Fsp3) is 0.750. The molecule has 1 heterocycles. The molecule has 6 nitrogen and oxygen atoms in total. The van der Waals surface area contributed by atoms with Crippen LogP contribution in [0.4, 0.5) is 4.79 Å². The quantitative estimate of drug-likeness (QED) is 0.665. The molecule has 0 radical (unpaired) electrons. The Kier molecular flexibility index (Phi) is 4.32. The van der Waals surface area contributed by atoms with Crippen molar-refractivity contribution in [3.8, 4) is 0 Å². The lowest BCUT2D eigenvalue weighted by Gasteiger charge is -2.33. The molecule has 0 saturated carbocycles. The van der Waals surface area contributed by atoms with Gasteiger partial charge in [0.25, 0.3) is 0 Å². The van der Waals surface area contributed by atoms with E-state index in [0.717, 1.165) is 4.90 Å². The third-order valence-corrected chi connectivity index (χ3v) is 2.51. The molecule has 0 bridgehead atoms. The fourth-order valence-corrected chi connectivity index (χ4v) is 1.77. The Morgan fingerprint density at radius 3 is 2.44 bits per heavy atom. The van der Waals surface area contributed by atoms with Crippen LogP contribution < -0.4 is 0 Å². The average molecular weight is 257 g/mol. The molecule has 1 fully saturated rings. The highest BCUT2D eigenvalue weighted by molar-refractivity contribution is 5.97. The number of piperidine rings is 1. The molecule has 0 spiro atoms. The van der Waals surface area contributed by atoms with Crippen molar-refractivity contribution in [3.05, 3.63) is 0 Å². The zero-order valence-corrected chi connectivity index (χ0v) is 11.2. The van der Waals surface area contributed by atoms with Gasteiger partial charge in [0, 0.05) is 6.42 Å². The number of rotatable bonds is 1. The molecule has 18 heavy (non-hydrogen) atoms.